The molecule has 3 heterocycles. The van der Waals surface area contributed by atoms with Gasteiger partial charge in [0.1, 0.15) is 0 Å². The van der Waals surface area contributed by atoms with E-state index in [-0.39, 0.29) is 11.3 Å². The maximum absolute atomic E-state index is 12.2. The molecular formula is C17H19N3O4. The molecule has 2 amide bonds. The van der Waals surface area contributed by atoms with Crippen LogP contribution in [0.25, 0.3) is 11.0 Å². The van der Waals surface area contributed by atoms with Crippen LogP contribution in [-0.2, 0) is 0 Å². The molecular weight excluding hydrogens is 310 g/mol. The minimum atomic E-state index is -0.838. The van der Waals surface area contributed by atoms with E-state index in [9.17, 15) is 9.59 Å². The Balaban J connectivity index is 1.32. The van der Waals surface area contributed by atoms with E-state index in [1.54, 1.807) is 18.5 Å². The van der Waals surface area contributed by atoms with E-state index in [0.717, 1.165) is 24.6 Å². The fourth-order valence-electron chi connectivity index (χ4n) is 3.78. The van der Waals surface area contributed by atoms with Crippen molar-refractivity contribution in [1.29, 1.82) is 0 Å². The molecule has 1 saturated carbocycles. The molecule has 4 rings (SSSR count). The van der Waals surface area contributed by atoms with Crippen molar-refractivity contribution in [2.75, 3.05) is 19.6 Å². The Morgan fingerprint density at radius 1 is 1.42 bits per heavy atom. The number of hydrogen-bond acceptors (Lipinski definition) is 4. The van der Waals surface area contributed by atoms with Crippen LogP contribution < -0.4 is 5.32 Å². The van der Waals surface area contributed by atoms with Crippen LogP contribution in [0, 0.1) is 11.3 Å². The van der Waals surface area contributed by atoms with Crippen LogP contribution in [0.15, 0.2) is 28.9 Å². The second-order valence-electron chi connectivity index (χ2n) is 6.77. The molecule has 2 aromatic rings. The molecule has 1 spiro atoms. The molecule has 2 fully saturated rings. The predicted octanol–water partition coefficient (Wildman–Crippen LogP) is 2.34. The number of fused-ring (bicyclic) bond motifs is 1. The molecule has 0 bridgehead atoms. The zero-order chi connectivity index (χ0) is 16.7. The molecule has 1 saturated heterocycles. The van der Waals surface area contributed by atoms with Gasteiger partial charge in [0.25, 0.3) is 5.91 Å². The fraction of sp³-hybridized carbons (Fsp3) is 0.471. The number of nitrogens with zero attached hydrogens (tertiary/aromatic N) is 2. The summed E-state index contributed by atoms with van der Waals surface area (Å²) in [4.78, 5) is 28.7. The minimum Gasteiger partial charge on any atom is -0.465 e. The molecule has 2 aliphatic rings. The number of pyridine rings is 1. The van der Waals surface area contributed by atoms with E-state index >= 15 is 0 Å². The van der Waals surface area contributed by atoms with Gasteiger partial charge in [-0.05, 0) is 42.7 Å². The summed E-state index contributed by atoms with van der Waals surface area (Å²) >= 11 is 0. The number of carbonyl (C=O) groups is 2. The molecule has 7 heteroatoms. The van der Waals surface area contributed by atoms with E-state index in [0.29, 0.717) is 36.9 Å². The lowest BCUT2D eigenvalue weighted by Crippen LogP contribution is -2.39. The maximum Gasteiger partial charge on any atom is 0.407 e. The van der Waals surface area contributed by atoms with Crippen molar-refractivity contribution in [2.24, 2.45) is 11.3 Å². The van der Waals surface area contributed by atoms with Crippen LogP contribution >= 0.6 is 0 Å². The molecule has 0 aromatic carbocycles. The summed E-state index contributed by atoms with van der Waals surface area (Å²) in [6.45, 7) is 1.80. The van der Waals surface area contributed by atoms with Gasteiger partial charge in [-0.3, -0.25) is 9.78 Å². The van der Waals surface area contributed by atoms with E-state index in [4.69, 9.17) is 9.52 Å². The Kier molecular flexibility index (Phi) is 3.44. The number of nitrogens with one attached hydrogen (secondary N) is 1. The van der Waals surface area contributed by atoms with Gasteiger partial charge in [-0.25, -0.2) is 4.79 Å². The van der Waals surface area contributed by atoms with Gasteiger partial charge in [0.2, 0.25) is 0 Å². The average Bonchev–Trinajstić information content (AvgIpc) is 3.06. The maximum atomic E-state index is 12.2. The van der Waals surface area contributed by atoms with Gasteiger partial charge in [-0.1, -0.05) is 0 Å². The number of amides is 2. The van der Waals surface area contributed by atoms with Crippen molar-refractivity contribution in [3.63, 3.8) is 0 Å². The summed E-state index contributed by atoms with van der Waals surface area (Å²) in [5, 5.41) is 12.8. The fourth-order valence-corrected chi connectivity index (χ4v) is 3.78. The van der Waals surface area contributed by atoms with E-state index in [1.165, 1.54) is 4.90 Å². The van der Waals surface area contributed by atoms with Crippen molar-refractivity contribution in [3.05, 3.63) is 30.3 Å². The largest absolute Gasteiger partial charge is 0.465 e. The van der Waals surface area contributed by atoms with Gasteiger partial charge < -0.3 is 19.7 Å². The third-order valence-corrected chi connectivity index (χ3v) is 5.44. The summed E-state index contributed by atoms with van der Waals surface area (Å²) in [6, 6.07) is 3.53. The highest BCUT2D eigenvalue weighted by Crippen LogP contribution is 2.59. The highest BCUT2D eigenvalue weighted by molar-refractivity contribution is 5.95. The third kappa shape index (κ3) is 2.60. The Hall–Kier alpha value is -2.57. The number of likely N-dealkylation sites (tertiary alicyclic amines) is 1. The molecule has 1 unspecified atom stereocenters. The number of carbonyl (C=O) groups excluding carboxylic acids is 1. The lowest BCUT2D eigenvalue weighted by Gasteiger charge is -2.31. The topological polar surface area (TPSA) is 95.7 Å². The second-order valence-corrected chi connectivity index (χ2v) is 6.77. The van der Waals surface area contributed by atoms with Crippen molar-refractivity contribution >= 4 is 23.0 Å². The molecule has 2 N–H and O–H groups in total. The van der Waals surface area contributed by atoms with E-state index in [2.05, 4.69) is 10.3 Å². The number of aromatic nitrogens is 1. The summed E-state index contributed by atoms with van der Waals surface area (Å²) < 4.78 is 5.51. The normalized spacial score (nSPS) is 21.8. The third-order valence-electron chi connectivity index (χ3n) is 5.44. The van der Waals surface area contributed by atoms with Crippen molar-refractivity contribution in [3.8, 4) is 0 Å². The monoisotopic (exact) mass is 329 g/mol. The molecule has 7 nitrogen and oxygen atoms in total. The number of hydrogen-bond donors (Lipinski definition) is 2. The summed E-state index contributed by atoms with van der Waals surface area (Å²) in [5.41, 5.74) is 0.823. The molecule has 0 radical (unpaired) electrons. The van der Waals surface area contributed by atoms with Crippen molar-refractivity contribution in [2.45, 2.75) is 19.3 Å². The Morgan fingerprint density at radius 3 is 2.92 bits per heavy atom. The number of furan rings is 1. The van der Waals surface area contributed by atoms with Crippen molar-refractivity contribution in [1.82, 2.24) is 15.2 Å². The summed E-state index contributed by atoms with van der Waals surface area (Å²) in [5.74, 6) is 0.521. The first-order valence-corrected chi connectivity index (χ1v) is 8.17. The Labute approximate surface area is 138 Å². The lowest BCUT2D eigenvalue weighted by atomic mass is 9.91. The van der Waals surface area contributed by atoms with Gasteiger partial charge in [0.15, 0.2) is 11.3 Å². The average molecular weight is 329 g/mol. The Bertz CT molecular complexity index is 759. The Morgan fingerprint density at radius 2 is 2.21 bits per heavy atom. The quantitative estimate of drug-likeness (QED) is 0.901. The van der Waals surface area contributed by atoms with Crippen LogP contribution in [-0.4, -0.2) is 46.6 Å². The van der Waals surface area contributed by atoms with Gasteiger partial charge in [0, 0.05) is 31.2 Å². The van der Waals surface area contributed by atoms with Crippen LogP contribution in [0.3, 0.4) is 0 Å². The summed E-state index contributed by atoms with van der Waals surface area (Å²) in [7, 11) is 0. The van der Waals surface area contributed by atoms with Crippen LogP contribution in [0.4, 0.5) is 4.79 Å². The lowest BCUT2D eigenvalue weighted by molar-refractivity contribution is 0.0921. The predicted molar refractivity (Wildman–Crippen MR) is 85.7 cm³/mol. The molecule has 24 heavy (non-hydrogen) atoms. The summed E-state index contributed by atoms with van der Waals surface area (Å²) in [6.07, 6.45) is 5.25. The molecule has 2 aromatic heterocycles. The van der Waals surface area contributed by atoms with Gasteiger partial charge >= 0.3 is 6.09 Å². The highest BCUT2D eigenvalue weighted by Gasteiger charge is 2.54. The number of rotatable bonds is 3. The number of carboxylic acid groups (broad SMARTS) is 1. The van der Waals surface area contributed by atoms with Crippen molar-refractivity contribution < 1.29 is 19.1 Å². The zero-order valence-electron chi connectivity index (χ0n) is 13.2. The van der Waals surface area contributed by atoms with Gasteiger partial charge in [-0.2, -0.15) is 0 Å². The van der Waals surface area contributed by atoms with E-state index < -0.39 is 6.09 Å². The molecule has 1 aliphatic carbocycles. The van der Waals surface area contributed by atoms with Crippen LogP contribution in [0.2, 0.25) is 0 Å². The van der Waals surface area contributed by atoms with Crippen LogP contribution in [0.5, 0.6) is 0 Å². The first-order valence-electron chi connectivity index (χ1n) is 8.17. The standard InChI is InChI=1S/C17H19N3O4/c21-15(13-7-11-1-4-18-10-14(11)24-13)19-9-12-8-17(12)2-5-20(6-3-17)16(22)23/h1,4,7,10,12H,2-3,5-6,8-9H2,(H,19,21)(H,22,23). The van der Waals surface area contributed by atoms with Gasteiger partial charge in [-0.15, -0.1) is 0 Å². The smallest absolute Gasteiger partial charge is 0.407 e. The SMILES string of the molecule is O=C(NCC1CC12CCN(C(=O)O)CC2)c1cc2ccncc2o1. The number of piperidine rings is 1. The molecule has 126 valence electrons. The van der Waals surface area contributed by atoms with Crippen LogP contribution in [0.1, 0.15) is 29.8 Å². The second kappa shape index (κ2) is 5.51. The van der Waals surface area contributed by atoms with E-state index in [1.807, 2.05) is 6.07 Å². The van der Waals surface area contributed by atoms with Gasteiger partial charge in [0.05, 0.1) is 6.20 Å². The first kappa shape index (κ1) is 15.0. The molecule has 1 atom stereocenters. The zero-order valence-corrected chi connectivity index (χ0v) is 13.2. The first-order chi connectivity index (χ1) is 11.6. The molecule has 1 aliphatic heterocycles. The highest BCUT2D eigenvalue weighted by atomic mass is 16.4. The minimum absolute atomic E-state index is 0.212.